The van der Waals surface area contributed by atoms with Gasteiger partial charge in [0.05, 0.1) is 6.04 Å². The summed E-state index contributed by atoms with van der Waals surface area (Å²) < 4.78 is 0. The molecular formula is C15H31N3O. The lowest BCUT2D eigenvalue weighted by Gasteiger charge is -2.30. The number of carbonyl (C=O) groups is 1. The SMILES string of the molecule is CCCN(C)CC1CCN(C(=O)[C@@H](N)C(C)(C)C)C1. The Bertz CT molecular complexity index is 298. The number of carbonyl (C=O) groups excluding carboxylic acids is 1. The molecule has 112 valence electrons. The van der Waals surface area contributed by atoms with Crippen LogP contribution in [0.4, 0.5) is 0 Å². The van der Waals surface area contributed by atoms with Crippen LogP contribution in [0.3, 0.4) is 0 Å². The van der Waals surface area contributed by atoms with Crippen molar-refractivity contribution in [2.45, 2.75) is 46.6 Å². The van der Waals surface area contributed by atoms with E-state index in [9.17, 15) is 4.79 Å². The maximum Gasteiger partial charge on any atom is 0.240 e. The fraction of sp³-hybridized carbons (Fsp3) is 0.933. The Hall–Kier alpha value is -0.610. The standard InChI is InChI=1S/C15H31N3O/c1-6-8-17(5)10-12-7-9-18(11-12)14(19)13(16)15(2,3)4/h12-13H,6-11,16H2,1-5H3/t12?,13-/m1/s1. The highest BCUT2D eigenvalue weighted by Gasteiger charge is 2.34. The van der Waals surface area contributed by atoms with E-state index >= 15 is 0 Å². The highest BCUT2D eigenvalue weighted by atomic mass is 16.2. The van der Waals surface area contributed by atoms with E-state index in [1.165, 1.54) is 6.42 Å². The van der Waals surface area contributed by atoms with Gasteiger partial charge in [-0.2, -0.15) is 0 Å². The van der Waals surface area contributed by atoms with Gasteiger partial charge in [0.15, 0.2) is 0 Å². The lowest BCUT2D eigenvalue weighted by molar-refractivity contribution is -0.134. The lowest BCUT2D eigenvalue weighted by atomic mass is 9.86. The molecule has 0 aromatic rings. The molecule has 0 saturated carbocycles. The summed E-state index contributed by atoms with van der Waals surface area (Å²) in [5.41, 5.74) is 5.91. The molecule has 0 aromatic heterocycles. The predicted molar refractivity (Wildman–Crippen MR) is 79.9 cm³/mol. The van der Waals surface area contributed by atoms with E-state index in [-0.39, 0.29) is 17.4 Å². The van der Waals surface area contributed by atoms with Gasteiger partial charge in [-0.25, -0.2) is 0 Å². The average molecular weight is 269 g/mol. The number of nitrogens with two attached hydrogens (primary N) is 1. The Kier molecular flexibility index (Phi) is 5.81. The van der Waals surface area contributed by atoms with E-state index in [1.807, 2.05) is 25.7 Å². The maximum atomic E-state index is 12.3. The molecule has 1 amide bonds. The van der Waals surface area contributed by atoms with Crippen LogP contribution in [-0.4, -0.2) is 55.0 Å². The summed E-state index contributed by atoms with van der Waals surface area (Å²) >= 11 is 0. The Morgan fingerprint density at radius 2 is 2.11 bits per heavy atom. The molecule has 0 radical (unpaired) electrons. The first-order valence-electron chi connectivity index (χ1n) is 7.48. The van der Waals surface area contributed by atoms with Crippen LogP contribution in [0.25, 0.3) is 0 Å². The van der Waals surface area contributed by atoms with Gasteiger partial charge < -0.3 is 15.5 Å². The minimum atomic E-state index is -0.389. The van der Waals surface area contributed by atoms with E-state index in [1.54, 1.807) is 0 Å². The van der Waals surface area contributed by atoms with Gasteiger partial charge in [-0.05, 0) is 37.8 Å². The molecule has 4 heteroatoms. The zero-order chi connectivity index (χ0) is 14.6. The molecule has 1 aliphatic heterocycles. The summed E-state index contributed by atoms with van der Waals surface area (Å²) in [4.78, 5) is 16.7. The summed E-state index contributed by atoms with van der Waals surface area (Å²) in [5.74, 6) is 0.723. The largest absolute Gasteiger partial charge is 0.341 e. The molecule has 1 fully saturated rings. The quantitative estimate of drug-likeness (QED) is 0.824. The first-order valence-corrected chi connectivity index (χ1v) is 7.48. The third-order valence-corrected chi connectivity index (χ3v) is 3.97. The van der Waals surface area contributed by atoms with Crippen LogP contribution in [0.1, 0.15) is 40.5 Å². The van der Waals surface area contributed by atoms with E-state index in [4.69, 9.17) is 5.73 Å². The van der Waals surface area contributed by atoms with Crippen LogP contribution in [0.2, 0.25) is 0 Å². The molecule has 1 aliphatic rings. The average Bonchev–Trinajstić information content (AvgIpc) is 2.74. The Balaban J connectivity index is 2.45. The van der Waals surface area contributed by atoms with Crippen LogP contribution < -0.4 is 5.73 Å². The van der Waals surface area contributed by atoms with Crippen molar-refractivity contribution in [3.63, 3.8) is 0 Å². The molecule has 19 heavy (non-hydrogen) atoms. The fourth-order valence-corrected chi connectivity index (χ4v) is 2.66. The second-order valence-electron chi connectivity index (χ2n) is 7.04. The summed E-state index contributed by atoms with van der Waals surface area (Å²) in [7, 11) is 2.16. The summed E-state index contributed by atoms with van der Waals surface area (Å²) in [5, 5.41) is 0. The lowest BCUT2D eigenvalue weighted by Crippen LogP contribution is -2.49. The number of amides is 1. The van der Waals surface area contributed by atoms with Crippen molar-refractivity contribution in [3.8, 4) is 0 Å². The van der Waals surface area contributed by atoms with E-state index < -0.39 is 0 Å². The van der Waals surface area contributed by atoms with Crippen molar-refractivity contribution in [1.29, 1.82) is 0 Å². The van der Waals surface area contributed by atoms with Crippen LogP contribution >= 0.6 is 0 Å². The molecule has 1 rings (SSSR count). The Morgan fingerprint density at radius 1 is 1.47 bits per heavy atom. The smallest absolute Gasteiger partial charge is 0.240 e. The number of hydrogen-bond donors (Lipinski definition) is 1. The molecule has 0 bridgehead atoms. The molecule has 1 heterocycles. The van der Waals surface area contributed by atoms with Gasteiger partial charge in [-0.15, -0.1) is 0 Å². The van der Waals surface area contributed by atoms with Gasteiger partial charge in [0.25, 0.3) is 0 Å². The molecular weight excluding hydrogens is 238 g/mol. The second-order valence-corrected chi connectivity index (χ2v) is 7.04. The van der Waals surface area contributed by atoms with Crippen LogP contribution in [0.15, 0.2) is 0 Å². The second kappa shape index (κ2) is 6.71. The molecule has 0 aromatic carbocycles. The van der Waals surface area contributed by atoms with Crippen molar-refractivity contribution in [2.75, 3.05) is 33.2 Å². The number of nitrogens with zero attached hydrogens (tertiary/aromatic N) is 2. The topological polar surface area (TPSA) is 49.6 Å². The first kappa shape index (κ1) is 16.4. The monoisotopic (exact) mass is 269 g/mol. The van der Waals surface area contributed by atoms with Crippen LogP contribution in [-0.2, 0) is 4.79 Å². The van der Waals surface area contributed by atoms with Gasteiger partial charge in [0.1, 0.15) is 0 Å². The van der Waals surface area contributed by atoms with Gasteiger partial charge >= 0.3 is 0 Å². The van der Waals surface area contributed by atoms with Crippen LogP contribution in [0, 0.1) is 11.3 Å². The third-order valence-electron chi connectivity index (χ3n) is 3.97. The molecule has 1 saturated heterocycles. The van der Waals surface area contributed by atoms with Crippen molar-refractivity contribution in [3.05, 3.63) is 0 Å². The molecule has 2 N–H and O–H groups in total. The summed E-state index contributed by atoms with van der Waals surface area (Å²) in [6, 6.07) is -0.389. The van der Waals surface area contributed by atoms with Crippen molar-refractivity contribution in [2.24, 2.45) is 17.1 Å². The fourth-order valence-electron chi connectivity index (χ4n) is 2.66. The minimum Gasteiger partial charge on any atom is -0.341 e. The molecule has 0 spiro atoms. The zero-order valence-corrected chi connectivity index (χ0v) is 13.3. The highest BCUT2D eigenvalue weighted by molar-refractivity contribution is 5.82. The van der Waals surface area contributed by atoms with E-state index in [0.717, 1.165) is 32.6 Å². The molecule has 0 aliphatic carbocycles. The normalized spacial score (nSPS) is 22.1. The maximum absolute atomic E-state index is 12.3. The van der Waals surface area contributed by atoms with Gasteiger partial charge in [0.2, 0.25) is 5.91 Å². The predicted octanol–water partition coefficient (Wildman–Crippen LogP) is 1.55. The minimum absolute atomic E-state index is 0.119. The molecule has 4 nitrogen and oxygen atoms in total. The highest BCUT2D eigenvalue weighted by Crippen LogP contribution is 2.23. The van der Waals surface area contributed by atoms with Crippen molar-refractivity contribution >= 4 is 5.91 Å². The number of likely N-dealkylation sites (tertiary alicyclic amines) is 1. The van der Waals surface area contributed by atoms with Crippen molar-refractivity contribution < 1.29 is 4.79 Å². The number of rotatable bonds is 5. The van der Waals surface area contributed by atoms with Crippen molar-refractivity contribution in [1.82, 2.24) is 9.80 Å². The van der Waals surface area contributed by atoms with Gasteiger partial charge in [-0.3, -0.25) is 4.79 Å². The Labute approximate surface area is 118 Å². The van der Waals surface area contributed by atoms with Crippen LogP contribution in [0.5, 0.6) is 0 Å². The zero-order valence-electron chi connectivity index (χ0n) is 13.3. The van der Waals surface area contributed by atoms with Gasteiger partial charge in [-0.1, -0.05) is 27.7 Å². The molecule has 2 atom stereocenters. The molecule has 1 unspecified atom stereocenters. The van der Waals surface area contributed by atoms with E-state index in [2.05, 4.69) is 18.9 Å². The number of hydrogen-bond acceptors (Lipinski definition) is 3. The van der Waals surface area contributed by atoms with E-state index in [0.29, 0.717) is 5.92 Å². The first-order chi connectivity index (χ1) is 8.75. The Morgan fingerprint density at radius 3 is 2.63 bits per heavy atom. The summed E-state index contributed by atoms with van der Waals surface area (Å²) in [6.45, 7) is 12.2. The summed E-state index contributed by atoms with van der Waals surface area (Å²) in [6.07, 6.45) is 2.29. The third kappa shape index (κ3) is 4.77. The van der Waals surface area contributed by atoms with Gasteiger partial charge in [0, 0.05) is 19.6 Å².